The molecule has 0 fully saturated rings. The molecule has 0 aliphatic carbocycles. The smallest absolute Gasteiger partial charge is 0.305 e. The molecular weight excluding hydrogens is 183 g/mol. The van der Waals surface area contributed by atoms with Crippen molar-refractivity contribution < 1.29 is 13.9 Å². The van der Waals surface area contributed by atoms with E-state index < -0.39 is 0 Å². The number of benzene rings is 1. The van der Waals surface area contributed by atoms with Crippen LogP contribution in [0.25, 0.3) is 0 Å². The van der Waals surface area contributed by atoms with Crippen LogP contribution in [0.15, 0.2) is 18.2 Å². The van der Waals surface area contributed by atoms with Crippen molar-refractivity contribution in [2.45, 2.75) is 19.8 Å². The van der Waals surface area contributed by atoms with Crippen molar-refractivity contribution in [3.8, 4) is 0 Å². The van der Waals surface area contributed by atoms with Gasteiger partial charge in [-0.1, -0.05) is 12.1 Å². The van der Waals surface area contributed by atoms with E-state index in [1.165, 1.54) is 13.2 Å². The standard InChI is InChI=1S/C11H13FO2/c1-8-7-9(3-5-10(8)12)4-6-11(13)14-2/h3,5,7H,4,6H2,1-2H3. The van der Waals surface area contributed by atoms with E-state index in [0.717, 1.165) is 5.56 Å². The molecule has 1 aromatic rings. The van der Waals surface area contributed by atoms with Gasteiger partial charge in [-0.15, -0.1) is 0 Å². The van der Waals surface area contributed by atoms with Crippen LogP contribution in [0.4, 0.5) is 4.39 Å². The molecule has 0 aromatic heterocycles. The summed E-state index contributed by atoms with van der Waals surface area (Å²) in [7, 11) is 1.36. The van der Waals surface area contributed by atoms with Crippen LogP contribution in [0.5, 0.6) is 0 Å². The van der Waals surface area contributed by atoms with Gasteiger partial charge in [0.1, 0.15) is 5.82 Å². The third-order valence-corrected chi connectivity index (χ3v) is 2.07. The minimum Gasteiger partial charge on any atom is -0.469 e. The Hall–Kier alpha value is -1.38. The van der Waals surface area contributed by atoms with Crippen molar-refractivity contribution in [1.29, 1.82) is 0 Å². The number of carbonyl (C=O) groups excluding carboxylic acids is 1. The highest BCUT2D eigenvalue weighted by Gasteiger charge is 2.03. The van der Waals surface area contributed by atoms with Crippen molar-refractivity contribution in [2.75, 3.05) is 7.11 Å². The summed E-state index contributed by atoms with van der Waals surface area (Å²) in [6.07, 6.45) is 0.926. The van der Waals surface area contributed by atoms with E-state index in [1.807, 2.05) is 0 Å². The van der Waals surface area contributed by atoms with E-state index in [1.54, 1.807) is 19.1 Å². The number of aryl methyl sites for hydroxylation is 2. The molecule has 0 unspecified atom stereocenters. The number of hydrogen-bond donors (Lipinski definition) is 0. The van der Waals surface area contributed by atoms with Gasteiger partial charge in [0.25, 0.3) is 0 Å². The second-order valence-electron chi connectivity index (χ2n) is 3.16. The fraction of sp³-hybridized carbons (Fsp3) is 0.364. The van der Waals surface area contributed by atoms with E-state index in [4.69, 9.17) is 0 Å². The van der Waals surface area contributed by atoms with Gasteiger partial charge in [-0.3, -0.25) is 4.79 Å². The number of carbonyl (C=O) groups is 1. The largest absolute Gasteiger partial charge is 0.469 e. The van der Waals surface area contributed by atoms with Crippen molar-refractivity contribution in [1.82, 2.24) is 0 Å². The van der Waals surface area contributed by atoms with Crippen LogP contribution in [-0.2, 0) is 16.0 Å². The first-order chi connectivity index (χ1) is 6.63. The Morgan fingerprint density at radius 3 is 2.79 bits per heavy atom. The van der Waals surface area contributed by atoms with Gasteiger partial charge in [0.05, 0.1) is 7.11 Å². The van der Waals surface area contributed by atoms with Gasteiger partial charge in [-0.05, 0) is 30.5 Å². The number of esters is 1. The molecule has 0 spiro atoms. The molecule has 0 saturated carbocycles. The summed E-state index contributed by atoms with van der Waals surface area (Å²) in [4.78, 5) is 10.8. The predicted octanol–water partition coefficient (Wildman–Crippen LogP) is 2.24. The highest BCUT2D eigenvalue weighted by molar-refractivity contribution is 5.69. The van der Waals surface area contributed by atoms with E-state index >= 15 is 0 Å². The molecule has 0 radical (unpaired) electrons. The summed E-state index contributed by atoms with van der Waals surface area (Å²) in [6.45, 7) is 1.71. The normalized spacial score (nSPS) is 9.93. The molecule has 0 bridgehead atoms. The monoisotopic (exact) mass is 196 g/mol. The highest BCUT2D eigenvalue weighted by Crippen LogP contribution is 2.10. The summed E-state index contributed by atoms with van der Waals surface area (Å²) in [5.41, 5.74) is 1.56. The van der Waals surface area contributed by atoms with Crippen LogP contribution in [-0.4, -0.2) is 13.1 Å². The van der Waals surface area contributed by atoms with Crippen LogP contribution < -0.4 is 0 Å². The average Bonchev–Trinajstić information content (AvgIpc) is 2.19. The molecule has 0 aliphatic heterocycles. The molecule has 1 rings (SSSR count). The van der Waals surface area contributed by atoms with Gasteiger partial charge < -0.3 is 4.74 Å². The first kappa shape index (κ1) is 10.7. The SMILES string of the molecule is COC(=O)CCc1ccc(F)c(C)c1. The zero-order chi connectivity index (χ0) is 10.6. The maximum atomic E-state index is 12.9. The average molecular weight is 196 g/mol. The zero-order valence-electron chi connectivity index (χ0n) is 8.34. The first-order valence-electron chi connectivity index (χ1n) is 4.45. The second kappa shape index (κ2) is 4.74. The third-order valence-electron chi connectivity index (χ3n) is 2.07. The Kier molecular flexibility index (Phi) is 3.63. The number of halogens is 1. The lowest BCUT2D eigenvalue weighted by Crippen LogP contribution is -2.02. The predicted molar refractivity (Wildman–Crippen MR) is 51.5 cm³/mol. The molecule has 0 amide bonds. The Labute approximate surface area is 82.7 Å². The van der Waals surface area contributed by atoms with Crippen molar-refractivity contribution in [2.24, 2.45) is 0 Å². The van der Waals surface area contributed by atoms with E-state index in [-0.39, 0.29) is 11.8 Å². The van der Waals surface area contributed by atoms with Gasteiger partial charge in [0.2, 0.25) is 0 Å². The maximum Gasteiger partial charge on any atom is 0.305 e. The van der Waals surface area contributed by atoms with Crippen molar-refractivity contribution in [3.05, 3.63) is 35.1 Å². The topological polar surface area (TPSA) is 26.3 Å². The van der Waals surface area contributed by atoms with Crippen molar-refractivity contribution in [3.63, 3.8) is 0 Å². The lowest BCUT2D eigenvalue weighted by atomic mass is 10.1. The third kappa shape index (κ3) is 2.83. The Bertz CT molecular complexity index is 334. The second-order valence-corrected chi connectivity index (χ2v) is 3.16. The lowest BCUT2D eigenvalue weighted by Gasteiger charge is -2.02. The minimum absolute atomic E-state index is 0.216. The summed E-state index contributed by atoms with van der Waals surface area (Å²) in [5.74, 6) is -0.459. The molecule has 14 heavy (non-hydrogen) atoms. The molecular formula is C11H13FO2. The minimum atomic E-state index is -0.244. The molecule has 0 heterocycles. The van der Waals surface area contributed by atoms with Crippen LogP contribution >= 0.6 is 0 Å². The molecule has 0 saturated heterocycles. The molecule has 0 N–H and O–H groups in total. The van der Waals surface area contributed by atoms with Gasteiger partial charge >= 0.3 is 5.97 Å². The highest BCUT2D eigenvalue weighted by atomic mass is 19.1. The molecule has 0 atom stereocenters. The van der Waals surface area contributed by atoms with Gasteiger partial charge in [0, 0.05) is 6.42 Å². The Morgan fingerprint density at radius 2 is 2.21 bits per heavy atom. The number of methoxy groups -OCH3 is 1. The quantitative estimate of drug-likeness (QED) is 0.693. The first-order valence-corrected chi connectivity index (χ1v) is 4.45. The van der Waals surface area contributed by atoms with Crippen LogP contribution in [0.2, 0.25) is 0 Å². The summed E-state index contributed by atoms with van der Waals surface area (Å²) in [5, 5.41) is 0. The number of rotatable bonds is 3. The van der Waals surface area contributed by atoms with E-state index in [2.05, 4.69) is 4.74 Å². The van der Waals surface area contributed by atoms with Crippen molar-refractivity contribution >= 4 is 5.97 Å². The van der Waals surface area contributed by atoms with Gasteiger partial charge in [0.15, 0.2) is 0 Å². The summed E-state index contributed by atoms with van der Waals surface area (Å²) < 4.78 is 17.4. The van der Waals surface area contributed by atoms with E-state index in [0.29, 0.717) is 18.4 Å². The molecule has 3 heteroatoms. The summed E-state index contributed by atoms with van der Waals surface area (Å²) in [6, 6.07) is 4.85. The number of hydrogen-bond acceptors (Lipinski definition) is 2. The van der Waals surface area contributed by atoms with Crippen LogP contribution in [0.1, 0.15) is 17.5 Å². The molecule has 2 nitrogen and oxygen atoms in total. The summed E-state index contributed by atoms with van der Waals surface area (Å²) >= 11 is 0. The maximum absolute atomic E-state index is 12.9. The van der Waals surface area contributed by atoms with Crippen LogP contribution in [0.3, 0.4) is 0 Å². The van der Waals surface area contributed by atoms with Crippen LogP contribution in [0, 0.1) is 12.7 Å². The Morgan fingerprint density at radius 1 is 1.50 bits per heavy atom. The van der Waals surface area contributed by atoms with E-state index in [9.17, 15) is 9.18 Å². The zero-order valence-corrected chi connectivity index (χ0v) is 8.34. The number of ether oxygens (including phenoxy) is 1. The molecule has 76 valence electrons. The fourth-order valence-corrected chi connectivity index (χ4v) is 1.21. The lowest BCUT2D eigenvalue weighted by molar-refractivity contribution is -0.140. The van der Waals surface area contributed by atoms with Gasteiger partial charge in [-0.25, -0.2) is 4.39 Å². The Balaban J connectivity index is 2.60. The van der Waals surface area contributed by atoms with Gasteiger partial charge in [-0.2, -0.15) is 0 Å². The molecule has 1 aromatic carbocycles. The fourth-order valence-electron chi connectivity index (χ4n) is 1.21. The molecule has 0 aliphatic rings.